The van der Waals surface area contributed by atoms with Crippen molar-refractivity contribution in [2.45, 2.75) is 25.3 Å². The number of benzene rings is 5. The molecule has 0 saturated carbocycles. The third-order valence-corrected chi connectivity index (χ3v) is 8.02. The van der Waals surface area contributed by atoms with Crippen LogP contribution in [-0.2, 0) is 18.4 Å². The molecule has 0 fully saturated rings. The first-order valence-electron chi connectivity index (χ1n) is 12.2. The van der Waals surface area contributed by atoms with Crippen LogP contribution in [0.15, 0.2) is 85.1 Å². The van der Waals surface area contributed by atoms with Gasteiger partial charge in [-0.05, 0) is 86.6 Å². The molecule has 1 atom stereocenters. The second-order valence-corrected chi connectivity index (χ2v) is 10.0. The van der Waals surface area contributed by atoms with Crippen LogP contribution >= 0.6 is 0 Å². The third-order valence-electron chi connectivity index (χ3n) is 8.02. The van der Waals surface area contributed by atoms with Crippen LogP contribution in [0.5, 0.6) is 11.5 Å². The van der Waals surface area contributed by atoms with Crippen LogP contribution in [0.1, 0.15) is 29.3 Å². The minimum absolute atomic E-state index is 0.197. The Kier molecular flexibility index (Phi) is 4.23. The smallest absolute Gasteiger partial charge is 0.161 e. The van der Waals surface area contributed by atoms with Gasteiger partial charge in [0.15, 0.2) is 11.5 Å². The van der Waals surface area contributed by atoms with Gasteiger partial charge in [-0.2, -0.15) is 0 Å². The molecular weight excluding hydrogens is 430 g/mol. The van der Waals surface area contributed by atoms with Crippen LogP contribution in [0.3, 0.4) is 0 Å². The largest absolute Gasteiger partial charge is 0.493 e. The van der Waals surface area contributed by atoms with Gasteiger partial charge in [0, 0.05) is 23.9 Å². The molecule has 0 N–H and O–H groups in total. The van der Waals surface area contributed by atoms with E-state index in [4.69, 9.17) is 9.47 Å². The zero-order valence-electron chi connectivity index (χ0n) is 20.3. The highest BCUT2D eigenvalue weighted by Gasteiger charge is 2.38. The summed E-state index contributed by atoms with van der Waals surface area (Å²) in [5.41, 5.74) is 5.08. The molecule has 1 aliphatic rings. The molecule has 35 heavy (non-hydrogen) atoms. The summed E-state index contributed by atoms with van der Waals surface area (Å²) < 4.78 is 13.7. The van der Waals surface area contributed by atoms with E-state index in [1.807, 2.05) is 0 Å². The summed E-state index contributed by atoms with van der Waals surface area (Å²) in [6.07, 6.45) is 3.09. The van der Waals surface area contributed by atoms with E-state index in [2.05, 4.69) is 96.6 Å². The second kappa shape index (κ2) is 7.26. The van der Waals surface area contributed by atoms with Crippen molar-refractivity contribution in [3.05, 3.63) is 107 Å². The van der Waals surface area contributed by atoms with E-state index in [-0.39, 0.29) is 5.41 Å². The fraction of sp³-hybridized carbons (Fsp3) is 0.188. The van der Waals surface area contributed by atoms with E-state index in [0.717, 1.165) is 24.5 Å². The molecule has 0 amide bonds. The van der Waals surface area contributed by atoms with E-state index in [0.29, 0.717) is 0 Å². The monoisotopic (exact) mass is 457 g/mol. The summed E-state index contributed by atoms with van der Waals surface area (Å²) >= 11 is 0. The van der Waals surface area contributed by atoms with Crippen LogP contribution in [0.4, 0.5) is 0 Å². The number of hydrogen-bond donors (Lipinski definition) is 0. The van der Waals surface area contributed by atoms with Crippen molar-refractivity contribution in [2.75, 3.05) is 14.2 Å². The Morgan fingerprint density at radius 2 is 1.37 bits per heavy atom. The number of rotatable bonds is 4. The molecule has 172 valence electrons. The fourth-order valence-corrected chi connectivity index (χ4v) is 6.45. The first kappa shape index (κ1) is 20.4. The topological polar surface area (TPSA) is 23.4 Å². The lowest BCUT2D eigenvalue weighted by Gasteiger charge is -2.38. The quantitative estimate of drug-likeness (QED) is 0.259. The maximum atomic E-state index is 5.72. The zero-order chi connectivity index (χ0) is 23.7. The second-order valence-electron chi connectivity index (χ2n) is 10.0. The summed E-state index contributed by atoms with van der Waals surface area (Å²) in [7, 11) is 3.42. The van der Waals surface area contributed by atoms with E-state index in [1.165, 1.54) is 54.7 Å². The molecule has 0 aliphatic carbocycles. The highest BCUT2D eigenvalue weighted by molar-refractivity contribution is 6.23. The summed E-state index contributed by atoms with van der Waals surface area (Å²) in [4.78, 5) is 0. The van der Waals surface area contributed by atoms with E-state index < -0.39 is 0 Å². The molecular formula is C32H27NO2. The van der Waals surface area contributed by atoms with Crippen molar-refractivity contribution in [1.82, 2.24) is 4.57 Å². The first-order valence-corrected chi connectivity index (χ1v) is 12.2. The van der Waals surface area contributed by atoms with Crippen molar-refractivity contribution < 1.29 is 9.47 Å². The number of fused-ring (bicyclic) bond motifs is 2. The maximum Gasteiger partial charge on any atom is 0.161 e. The van der Waals surface area contributed by atoms with Gasteiger partial charge in [-0.1, -0.05) is 54.6 Å². The Labute approximate surface area is 204 Å². The Hall–Kier alpha value is -3.98. The average molecular weight is 458 g/mol. The molecule has 2 heterocycles. The Morgan fingerprint density at radius 1 is 0.743 bits per heavy atom. The molecule has 1 aliphatic heterocycles. The van der Waals surface area contributed by atoms with Crippen LogP contribution < -0.4 is 9.47 Å². The minimum atomic E-state index is -0.197. The van der Waals surface area contributed by atoms with Crippen molar-refractivity contribution in [3.8, 4) is 11.5 Å². The standard InChI is InChI=1S/C32H27NO2/c1-32(26-17-28(35-3)27(34-2)16-25(26)19-33-13-5-8-29(32)33)18-20-14-23-11-9-21-6-4-7-22-10-12-24(15-20)31(23)30(21)22/h4-17H,18-19H2,1-3H3. The van der Waals surface area contributed by atoms with Crippen molar-refractivity contribution >= 4 is 32.3 Å². The Morgan fingerprint density at radius 3 is 2.06 bits per heavy atom. The van der Waals surface area contributed by atoms with Gasteiger partial charge >= 0.3 is 0 Å². The predicted octanol–water partition coefficient (Wildman–Crippen LogP) is 7.31. The highest BCUT2D eigenvalue weighted by atomic mass is 16.5. The number of nitrogens with zero attached hydrogens (tertiary/aromatic N) is 1. The zero-order valence-corrected chi connectivity index (χ0v) is 20.3. The molecule has 6 aromatic rings. The summed E-state index contributed by atoms with van der Waals surface area (Å²) in [5.74, 6) is 1.57. The summed E-state index contributed by atoms with van der Waals surface area (Å²) in [5, 5.41) is 7.97. The molecule has 1 aromatic heterocycles. The van der Waals surface area contributed by atoms with Gasteiger partial charge in [-0.25, -0.2) is 0 Å². The molecule has 0 radical (unpaired) electrons. The van der Waals surface area contributed by atoms with Crippen molar-refractivity contribution in [3.63, 3.8) is 0 Å². The molecule has 3 nitrogen and oxygen atoms in total. The number of hydrogen-bond acceptors (Lipinski definition) is 2. The van der Waals surface area contributed by atoms with Crippen LogP contribution in [-0.4, -0.2) is 18.8 Å². The Bertz CT molecular complexity index is 1680. The van der Waals surface area contributed by atoms with Gasteiger partial charge in [0.25, 0.3) is 0 Å². The normalized spacial score (nSPS) is 17.1. The molecule has 0 saturated heterocycles. The molecule has 0 spiro atoms. The lowest BCUT2D eigenvalue weighted by atomic mass is 9.70. The highest BCUT2D eigenvalue weighted by Crippen LogP contribution is 2.46. The van der Waals surface area contributed by atoms with Crippen LogP contribution in [0, 0.1) is 0 Å². The van der Waals surface area contributed by atoms with Gasteiger partial charge in [0.05, 0.1) is 14.2 Å². The van der Waals surface area contributed by atoms with Crippen molar-refractivity contribution in [1.29, 1.82) is 0 Å². The van der Waals surface area contributed by atoms with Crippen LogP contribution in [0.25, 0.3) is 32.3 Å². The number of methoxy groups -OCH3 is 2. The van der Waals surface area contributed by atoms with E-state index in [1.54, 1.807) is 14.2 Å². The number of aromatic nitrogens is 1. The summed E-state index contributed by atoms with van der Waals surface area (Å²) in [6.45, 7) is 3.21. The van der Waals surface area contributed by atoms with E-state index >= 15 is 0 Å². The van der Waals surface area contributed by atoms with Gasteiger partial charge in [-0.3, -0.25) is 0 Å². The molecule has 1 unspecified atom stereocenters. The lowest BCUT2D eigenvalue weighted by Crippen LogP contribution is -2.35. The predicted molar refractivity (Wildman–Crippen MR) is 143 cm³/mol. The van der Waals surface area contributed by atoms with Gasteiger partial charge in [0.1, 0.15) is 0 Å². The van der Waals surface area contributed by atoms with Crippen molar-refractivity contribution in [2.24, 2.45) is 0 Å². The third kappa shape index (κ3) is 2.84. The minimum Gasteiger partial charge on any atom is -0.493 e. The number of ether oxygens (including phenoxy) is 2. The Balaban J connectivity index is 1.43. The summed E-state index contributed by atoms with van der Waals surface area (Å²) in [6, 6.07) is 29.2. The molecule has 7 rings (SSSR count). The maximum absolute atomic E-state index is 5.72. The molecule has 3 heteroatoms. The fourth-order valence-electron chi connectivity index (χ4n) is 6.45. The average Bonchev–Trinajstić information content (AvgIpc) is 3.36. The van der Waals surface area contributed by atoms with Gasteiger partial charge < -0.3 is 14.0 Å². The molecule has 5 aromatic carbocycles. The first-order chi connectivity index (χ1) is 17.1. The lowest BCUT2D eigenvalue weighted by molar-refractivity contribution is 0.351. The van der Waals surface area contributed by atoms with Gasteiger partial charge in [-0.15, -0.1) is 0 Å². The van der Waals surface area contributed by atoms with E-state index in [9.17, 15) is 0 Å². The van der Waals surface area contributed by atoms with Crippen LogP contribution in [0.2, 0.25) is 0 Å². The van der Waals surface area contributed by atoms with Gasteiger partial charge in [0.2, 0.25) is 0 Å². The SMILES string of the molecule is COc1cc2c(cc1OC)C(C)(Cc1cc3ccc4cccc5ccc(c1)c3c45)c1cccn1C2. The molecule has 0 bridgehead atoms.